The molecule has 0 aromatic heterocycles. The molecular weight excluding hydrogens is 460 g/mol. The fourth-order valence-corrected chi connectivity index (χ4v) is 4.12. The number of azide groups is 1. The molecule has 1 amide bonds. The van der Waals surface area contributed by atoms with Gasteiger partial charge in [-0.3, -0.25) is 4.90 Å². The Bertz CT molecular complexity index is 1020. The largest absolute Gasteiger partial charge is 0.444 e. The first-order chi connectivity index (χ1) is 17.1. The fourth-order valence-electron chi connectivity index (χ4n) is 4.12. The first-order valence-electron chi connectivity index (χ1n) is 12.1. The molecule has 0 radical (unpaired) electrons. The molecule has 1 fully saturated rings. The summed E-state index contributed by atoms with van der Waals surface area (Å²) in [7, 11) is 0. The lowest BCUT2D eigenvalue weighted by Crippen LogP contribution is -2.57. The van der Waals surface area contributed by atoms with E-state index in [2.05, 4.69) is 10.0 Å². The van der Waals surface area contributed by atoms with Crippen molar-refractivity contribution in [2.45, 2.75) is 77.4 Å². The number of ether oxygens (including phenoxy) is 4. The van der Waals surface area contributed by atoms with Gasteiger partial charge >= 0.3 is 6.09 Å². The summed E-state index contributed by atoms with van der Waals surface area (Å²) in [5, 5.41) is 3.80. The van der Waals surface area contributed by atoms with E-state index in [4.69, 9.17) is 24.5 Å². The number of nitrogens with zero attached hydrogens (tertiary/aromatic N) is 4. The molecule has 1 aliphatic rings. The van der Waals surface area contributed by atoms with Gasteiger partial charge < -0.3 is 18.9 Å². The first-order valence-corrected chi connectivity index (χ1v) is 12.1. The molecule has 0 aliphatic carbocycles. The number of rotatable bonds is 10. The lowest BCUT2D eigenvalue weighted by atomic mass is 10.0. The molecule has 2 aromatic carbocycles. The van der Waals surface area contributed by atoms with E-state index in [0.717, 1.165) is 11.1 Å². The molecule has 0 spiro atoms. The Morgan fingerprint density at radius 2 is 1.64 bits per heavy atom. The average molecular weight is 497 g/mol. The van der Waals surface area contributed by atoms with E-state index in [1.165, 1.54) is 0 Å². The molecule has 9 nitrogen and oxygen atoms in total. The van der Waals surface area contributed by atoms with Crippen molar-refractivity contribution in [1.29, 1.82) is 0 Å². The van der Waals surface area contributed by atoms with Crippen molar-refractivity contribution in [2.24, 2.45) is 5.11 Å². The van der Waals surface area contributed by atoms with Gasteiger partial charge in [0.05, 0.1) is 38.5 Å². The number of hydrogen-bond acceptors (Lipinski definition) is 6. The highest BCUT2D eigenvalue weighted by atomic mass is 16.6. The monoisotopic (exact) mass is 496 g/mol. The van der Waals surface area contributed by atoms with E-state index in [-0.39, 0.29) is 19.8 Å². The summed E-state index contributed by atoms with van der Waals surface area (Å²) in [5.74, 6) is 0. The summed E-state index contributed by atoms with van der Waals surface area (Å²) >= 11 is 0. The van der Waals surface area contributed by atoms with E-state index in [9.17, 15) is 4.79 Å². The summed E-state index contributed by atoms with van der Waals surface area (Å²) < 4.78 is 24.4. The lowest BCUT2D eigenvalue weighted by Gasteiger charge is -2.39. The van der Waals surface area contributed by atoms with Crippen LogP contribution < -0.4 is 0 Å². The third-order valence-corrected chi connectivity index (χ3v) is 5.77. The van der Waals surface area contributed by atoms with Crippen molar-refractivity contribution in [2.75, 3.05) is 13.2 Å². The van der Waals surface area contributed by atoms with Crippen LogP contribution >= 0.6 is 0 Å². The van der Waals surface area contributed by atoms with E-state index in [0.29, 0.717) is 6.61 Å². The van der Waals surface area contributed by atoms with Crippen LogP contribution in [0.25, 0.3) is 10.4 Å². The molecule has 0 saturated carbocycles. The summed E-state index contributed by atoms with van der Waals surface area (Å²) in [5.41, 5.74) is 9.38. The zero-order chi connectivity index (χ0) is 26.2. The number of amides is 1. The normalized spacial score (nSPS) is 18.8. The van der Waals surface area contributed by atoms with Gasteiger partial charge in [0.2, 0.25) is 0 Å². The van der Waals surface area contributed by atoms with E-state index in [1.54, 1.807) is 4.90 Å². The minimum absolute atomic E-state index is 0.0296. The number of carbonyl (C=O) groups is 1. The molecule has 2 aromatic rings. The standard InChI is InChI=1S/C27H36N4O5/c1-26(2,3)36-25(32)31-22(19-35-27(31,4)5)24(34-18-21-14-10-7-11-15-21)23(16-29-30-28)33-17-20-12-8-6-9-13-20/h6-15,22-24H,16-19H2,1-5H3/t22-,23-,24-/m0/s1. The zero-order valence-corrected chi connectivity index (χ0v) is 21.7. The highest BCUT2D eigenvalue weighted by Gasteiger charge is 2.51. The zero-order valence-electron chi connectivity index (χ0n) is 21.7. The Morgan fingerprint density at radius 3 is 2.17 bits per heavy atom. The Balaban J connectivity index is 1.92. The molecule has 3 atom stereocenters. The van der Waals surface area contributed by atoms with Gasteiger partial charge in [-0.1, -0.05) is 65.8 Å². The van der Waals surface area contributed by atoms with Crippen LogP contribution in [0, 0.1) is 0 Å². The van der Waals surface area contributed by atoms with E-state index in [1.807, 2.05) is 95.3 Å². The summed E-state index contributed by atoms with van der Waals surface area (Å²) in [6, 6.07) is 18.9. The van der Waals surface area contributed by atoms with Gasteiger partial charge in [-0.25, -0.2) is 4.79 Å². The third kappa shape index (κ3) is 7.70. The van der Waals surface area contributed by atoms with E-state index >= 15 is 0 Å². The number of carbonyl (C=O) groups excluding carboxylic acids is 1. The van der Waals surface area contributed by atoms with Crippen molar-refractivity contribution in [1.82, 2.24) is 4.90 Å². The van der Waals surface area contributed by atoms with Gasteiger partial charge in [0.25, 0.3) is 0 Å². The van der Waals surface area contributed by atoms with Gasteiger partial charge in [0.1, 0.15) is 17.4 Å². The average Bonchev–Trinajstić information content (AvgIpc) is 3.15. The molecule has 0 unspecified atom stereocenters. The highest BCUT2D eigenvalue weighted by molar-refractivity contribution is 5.70. The first kappa shape index (κ1) is 27.5. The van der Waals surface area contributed by atoms with Crippen LogP contribution in [0.1, 0.15) is 45.7 Å². The SMILES string of the molecule is CC(C)(C)OC(=O)N1[C@H]([C@H](OCc2ccccc2)[C@H](CN=[N+]=[N-])OCc2ccccc2)COC1(C)C. The Kier molecular flexibility index (Phi) is 9.34. The van der Waals surface area contributed by atoms with Crippen molar-refractivity contribution < 1.29 is 23.7 Å². The predicted molar refractivity (Wildman–Crippen MR) is 136 cm³/mol. The highest BCUT2D eigenvalue weighted by Crippen LogP contribution is 2.34. The molecule has 1 aliphatic heterocycles. The van der Waals surface area contributed by atoms with Gasteiger partial charge in [-0.05, 0) is 51.3 Å². The second kappa shape index (κ2) is 12.2. The maximum atomic E-state index is 13.3. The molecule has 194 valence electrons. The van der Waals surface area contributed by atoms with Crippen molar-refractivity contribution >= 4 is 6.09 Å². The third-order valence-electron chi connectivity index (χ3n) is 5.77. The van der Waals surface area contributed by atoms with Gasteiger partial charge in [0, 0.05) is 4.91 Å². The minimum atomic E-state index is -0.927. The van der Waals surface area contributed by atoms with Crippen molar-refractivity contribution in [3.05, 3.63) is 82.2 Å². The maximum Gasteiger partial charge on any atom is 0.412 e. The fraction of sp³-hybridized carbons (Fsp3) is 0.519. The lowest BCUT2D eigenvalue weighted by molar-refractivity contribution is -0.116. The Labute approximate surface area is 212 Å². The molecule has 0 N–H and O–H groups in total. The van der Waals surface area contributed by atoms with Crippen molar-refractivity contribution in [3.8, 4) is 0 Å². The predicted octanol–water partition coefficient (Wildman–Crippen LogP) is 5.84. The Morgan fingerprint density at radius 1 is 1.08 bits per heavy atom. The molecule has 1 saturated heterocycles. The summed E-state index contributed by atoms with van der Waals surface area (Å²) in [6.45, 7) is 9.92. The van der Waals surface area contributed by atoms with Crippen LogP contribution in [0.4, 0.5) is 4.79 Å². The molecule has 9 heteroatoms. The number of hydrogen-bond donors (Lipinski definition) is 0. The van der Waals surface area contributed by atoms with Gasteiger partial charge in [0.15, 0.2) is 0 Å². The maximum absolute atomic E-state index is 13.3. The second-order valence-electron chi connectivity index (χ2n) is 10.2. The molecule has 0 bridgehead atoms. The van der Waals surface area contributed by atoms with Crippen LogP contribution in [0.5, 0.6) is 0 Å². The summed E-state index contributed by atoms with van der Waals surface area (Å²) in [4.78, 5) is 17.8. The number of benzene rings is 2. The van der Waals surface area contributed by atoms with Crippen LogP contribution in [0.2, 0.25) is 0 Å². The van der Waals surface area contributed by atoms with Crippen LogP contribution in [-0.4, -0.2) is 53.7 Å². The Hall–Kier alpha value is -3.10. The topological polar surface area (TPSA) is 106 Å². The second-order valence-corrected chi connectivity index (χ2v) is 10.2. The quantitative estimate of drug-likeness (QED) is 0.233. The van der Waals surface area contributed by atoms with Crippen LogP contribution in [0.3, 0.4) is 0 Å². The molecule has 3 rings (SSSR count). The van der Waals surface area contributed by atoms with Gasteiger partial charge in [-0.2, -0.15) is 0 Å². The van der Waals surface area contributed by atoms with Gasteiger partial charge in [-0.15, -0.1) is 0 Å². The van der Waals surface area contributed by atoms with Crippen LogP contribution in [-0.2, 0) is 32.2 Å². The molecule has 1 heterocycles. The van der Waals surface area contributed by atoms with Crippen molar-refractivity contribution in [3.63, 3.8) is 0 Å². The molecule has 36 heavy (non-hydrogen) atoms. The van der Waals surface area contributed by atoms with Crippen LogP contribution in [0.15, 0.2) is 65.8 Å². The minimum Gasteiger partial charge on any atom is -0.444 e. The summed E-state index contributed by atoms with van der Waals surface area (Å²) in [6.07, 6.45) is -1.81. The molecular formula is C27H36N4O5. The smallest absolute Gasteiger partial charge is 0.412 e. The van der Waals surface area contributed by atoms with E-state index < -0.39 is 35.7 Å².